The summed E-state index contributed by atoms with van der Waals surface area (Å²) in [6.07, 6.45) is 3.44. The number of aliphatic hydroxyl groups is 1. The second-order valence-corrected chi connectivity index (χ2v) is 4.53. The number of nitrogens with one attached hydrogen (secondary N) is 1. The Bertz CT molecular complexity index is 375. The van der Waals surface area contributed by atoms with E-state index in [0.717, 1.165) is 30.5 Å². The number of hydrogen-bond acceptors (Lipinski definition) is 4. The maximum Gasteiger partial charge on any atom is 0.328 e. The molecule has 106 valence electrons. The van der Waals surface area contributed by atoms with Crippen LogP contribution in [0.25, 0.3) is 0 Å². The second-order valence-electron chi connectivity index (χ2n) is 4.53. The zero-order valence-corrected chi connectivity index (χ0v) is 11.7. The van der Waals surface area contributed by atoms with E-state index < -0.39 is 0 Å². The molecule has 0 aromatic heterocycles. The number of esters is 1. The fourth-order valence-electron chi connectivity index (χ4n) is 1.90. The fraction of sp³-hybridized carbons (Fsp3) is 0.533. The van der Waals surface area contributed by atoms with Crippen molar-refractivity contribution in [1.82, 2.24) is 0 Å². The van der Waals surface area contributed by atoms with Crippen LogP contribution in [0.4, 0.5) is 5.69 Å². The van der Waals surface area contributed by atoms with Crippen molar-refractivity contribution in [1.29, 1.82) is 0 Å². The zero-order valence-electron chi connectivity index (χ0n) is 11.7. The van der Waals surface area contributed by atoms with E-state index in [9.17, 15) is 4.79 Å². The van der Waals surface area contributed by atoms with Crippen molar-refractivity contribution in [3.63, 3.8) is 0 Å². The maximum atomic E-state index is 11.7. The van der Waals surface area contributed by atoms with Gasteiger partial charge in [0.25, 0.3) is 0 Å². The van der Waals surface area contributed by atoms with Crippen molar-refractivity contribution < 1.29 is 14.6 Å². The number of ether oxygens (including phenoxy) is 1. The van der Waals surface area contributed by atoms with Gasteiger partial charge in [-0.3, -0.25) is 0 Å². The Morgan fingerprint density at radius 2 is 2.05 bits per heavy atom. The molecule has 4 heteroatoms. The summed E-state index contributed by atoms with van der Waals surface area (Å²) < 4.78 is 4.81. The normalized spacial score (nSPS) is 11.9. The third kappa shape index (κ3) is 5.30. The molecule has 0 radical (unpaired) electrons. The van der Waals surface area contributed by atoms with Gasteiger partial charge in [-0.05, 0) is 30.5 Å². The second kappa shape index (κ2) is 8.53. The summed E-state index contributed by atoms with van der Waals surface area (Å²) in [6, 6.07) is 7.45. The van der Waals surface area contributed by atoms with E-state index >= 15 is 0 Å². The molecular weight excluding hydrogens is 242 g/mol. The molecule has 0 aliphatic rings. The lowest BCUT2D eigenvalue weighted by Crippen LogP contribution is -2.30. The number of aliphatic hydroxyl groups excluding tert-OH is 1. The minimum atomic E-state index is -0.298. The number of carbonyl (C=O) groups is 1. The smallest absolute Gasteiger partial charge is 0.328 e. The summed E-state index contributed by atoms with van der Waals surface area (Å²) in [6.45, 7) is 2.24. The molecule has 1 unspecified atom stereocenters. The third-order valence-corrected chi connectivity index (χ3v) is 3.03. The molecule has 2 N–H and O–H groups in total. The molecule has 19 heavy (non-hydrogen) atoms. The summed E-state index contributed by atoms with van der Waals surface area (Å²) >= 11 is 0. The van der Waals surface area contributed by atoms with E-state index in [1.807, 2.05) is 24.3 Å². The number of carbonyl (C=O) groups excluding carboxylic acids is 1. The Labute approximate surface area is 114 Å². The molecule has 0 saturated heterocycles. The molecule has 0 amide bonds. The monoisotopic (exact) mass is 265 g/mol. The van der Waals surface area contributed by atoms with Gasteiger partial charge in [-0.25, -0.2) is 4.79 Å². The molecule has 0 aliphatic carbocycles. The van der Waals surface area contributed by atoms with Crippen LogP contribution in [-0.4, -0.2) is 30.8 Å². The SMILES string of the molecule is CCCCC(Nc1ccc(CCO)cc1)C(=O)OC. The average molecular weight is 265 g/mol. The molecule has 1 rings (SSSR count). The minimum absolute atomic E-state index is 0.147. The first-order chi connectivity index (χ1) is 9.21. The Hall–Kier alpha value is -1.55. The first kappa shape index (κ1) is 15.5. The van der Waals surface area contributed by atoms with Gasteiger partial charge in [0.1, 0.15) is 6.04 Å². The Morgan fingerprint density at radius 1 is 1.37 bits per heavy atom. The van der Waals surface area contributed by atoms with Crippen molar-refractivity contribution in [2.75, 3.05) is 19.0 Å². The largest absolute Gasteiger partial charge is 0.467 e. The Balaban J connectivity index is 2.64. The minimum Gasteiger partial charge on any atom is -0.467 e. The van der Waals surface area contributed by atoms with Gasteiger partial charge >= 0.3 is 5.97 Å². The summed E-state index contributed by atoms with van der Waals surface area (Å²) in [5.41, 5.74) is 1.98. The molecule has 0 heterocycles. The van der Waals surface area contributed by atoms with Crippen molar-refractivity contribution in [3.8, 4) is 0 Å². The summed E-state index contributed by atoms with van der Waals surface area (Å²) in [4.78, 5) is 11.7. The molecule has 0 spiro atoms. The summed E-state index contributed by atoms with van der Waals surface area (Å²) in [7, 11) is 1.41. The summed E-state index contributed by atoms with van der Waals surface area (Å²) in [5.74, 6) is -0.229. The molecule has 0 saturated carbocycles. The highest BCUT2D eigenvalue weighted by atomic mass is 16.5. The molecule has 1 aromatic rings. The number of methoxy groups -OCH3 is 1. The van der Waals surface area contributed by atoms with E-state index in [-0.39, 0.29) is 18.6 Å². The third-order valence-electron chi connectivity index (χ3n) is 3.03. The maximum absolute atomic E-state index is 11.7. The predicted molar refractivity (Wildman–Crippen MR) is 76.2 cm³/mol. The van der Waals surface area contributed by atoms with Crippen molar-refractivity contribution in [2.24, 2.45) is 0 Å². The highest BCUT2D eigenvalue weighted by Crippen LogP contribution is 2.14. The molecule has 0 bridgehead atoms. The molecule has 4 nitrogen and oxygen atoms in total. The first-order valence-corrected chi connectivity index (χ1v) is 6.75. The van der Waals surface area contributed by atoms with Crippen molar-refractivity contribution in [3.05, 3.63) is 29.8 Å². The average Bonchev–Trinajstić information content (AvgIpc) is 2.44. The van der Waals surface area contributed by atoms with Crippen LogP contribution in [0.2, 0.25) is 0 Å². The quantitative estimate of drug-likeness (QED) is 0.708. The van der Waals surface area contributed by atoms with E-state index in [1.54, 1.807) is 0 Å². The van der Waals surface area contributed by atoms with Crippen LogP contribution in [-0.2, 0) is 16.0 Å². The van der Waals surface area contributed by atoms with Crippen LogP contribution in [0.3, 0.4) is 0 Å². The van der Waals surface area contributed by atoms with Crippen LogP contribution in [0.1, 0.15) is 31.7 Å². The Kier molecular flexibility index (Phi) is 6.97. The number of unbranched alkanes of at least 4 members (excludes halogenated alkanes) is 1. The molecule has 1 atom stereocenters. The van der Waals surface area contributed by atoms with E-state index in [0.29, 0.717) is 6.42 Å². The van der Waals surface area contributed by atoms with Gasteiger partial charge in [0.2, 0.25) is 0 Å². The standard InChI is InChI=1S/C15H23NO3/c1-3-4-5-14(15(18)19-2)16-13-8-6-12(7-9-13)10-11-17/h6-9,14,16-17H,3-5,10-11H2,1-2H3. The van der Waals surface area contributed by atoms with Gasteiger partial charge in [0.15, 0.2) is 0 Å². The Morgan fingerprint density at radius 3 is 2.58 bits per heavy atom. The van der Waals surface area contributed by atoms with Gasteiger partial charge in [0.05, 0.1) is 7.11 Å². The van der Waals surface area contributed by atoms with Gasteiger partial charge in [0, 0.05) is 12.3 Å². The van der Waals surface area contributed by atoms with Gasteiger partial charge in [-0.2, -0.15) is 0 Å². The topological polar surface area (TPSA) is 58.6 Å². The van der Waals surface area contributed by atoms with Crippen molar-refractivity contribution in [2.45, 2.75) is 38.6 Å². The molecular formula is C15H23NO3. The van der Waals surface area contributed by atoms with Gasteiger partial charge in [-0.1, -0.05) is 31.9 Å². The number of benzene rings is 1. The van der Waals surface area contributed by atoms with Crippen LogP contribution < -0.4 is 5.32 Å². The van der Waals surface area contributed by atoms with E-state index in [2.05, 4.69) is 12.2 Å². The molecule has 0 fully saturated rings. The highest BCUT2D eigenvalue weighted by Gasteiger charge is 2.17. The van der Waals surface area contributed by atoms with Gasteiger partial charge in [-0.15, -0.1) is 0 Å². The van der Waals surface area contributed by atoms with Crippen LogP contribution in [0, 0.1) is 0 Å². The number of hydrogen-bond donors (Lipinski definition) is 2. The van der Waals surface area contributed by atoms with Crippen LogP contribution in [0.15, 0.2) is 24.3 Å². The lowest BCUT2D eigenvalue weighted by molar-refractivity contribution is -0.141. The molecule has 1 aromatic carbocycles. The first-order valence-electron chi connectivity index (χ1n) is 6.75. The fourth-order valence-corrected chi connectivity index (χ4v) is 1.90. The zero-order chi connectivity index (χ0) is 14.1. The molecule has 0 aliphatic heterocycles. The highest BCUT2D eigenvalue weighted by molar-refractivity contribution is 5.79. The van der Waals surface area contributed by atoms with E-state index in [1.165, 1.54) is 7.11 Å². The van der Waals surface area contributed by atoms with E-state index in [4.69, 9.17) is 9.84 Å². The lowest BCUT2D eigenvalue weighted by Gasteiger charge is -2.17. The van der Waals surface area contributed by atoms with Gasteiger partial charge < -0.3 is 15.2 Å². The number of rotatable bonds is 8. The van der Waals surface area contributed by atoms with Crippen LogP contribution >= 0.6 is 0 Å². The van der Waals surface area contributed by atoms with Crippen molar-refractivity contribution >= 4 is 11.7 Å². The lowest BCUT2D eigenvalue weighted by atomic mass is 10.1. The summed E-state index contributed by atoms with van der Waals surface area (Å²) in [5, 5.41) is 12.1. The predicted octanol–water partition coefficient (Wildman–Crippen LogP) is 2.37. The van der Waals surface area contributed by atoms with Crippen LogP contribution in [0.5, 0.6) is 0 Å². The number of anilines is 1.